The van der Waals surface area contributed by atoms with Crippen LogP contribution in [0.25, 0.3) is 22.8 Å². The summed E-state index contributed by atoms with van der Waals surface area (Å²) < 4.78 is 5.18. The normalized spacial score (nSPS) is 11.9. The van der Waals surface area contributed by atoms with E-state index in [1.165, 1.54) is 16.4 Å². The molecule has 0 aliphatic rings. The molecule has 0 aliphatic heterocycles. The first-order valence-electron chi connectivity index (χ1n) is 12.3. The van der Waals surface area contributed by atoms with Gasteiger partial charge in [-0.15, -0.1) is 10.2 Å². The maximum absolute atomic E-state index is 13.3. The van der Waals surface area contributed by atoms with Crippen molar-refractivity contribution in [2.75, 3.05) is 5.32 Å². The Morgan fingerprint density at radius 3 is 2.36 bits per heavy atom. The summed E-state index contributed by atoms with van der Waals surface area (Å²) in [7, 11) is 1.79. The van der Waals surface area contributed by atoms with E-state index >= 15 is 0 Å². The summed E-state index contributed by atoms with van der Waals surface area (Å²) >= 11 is 7.41. The molecular formula is C29H27ClN6O2S. The van der Waals surface area contributed by atoms with Crippen molar-refractivity contribution in [1.29, 1.82) is 0 Å². The predicted molar refractivity (Wildman–Crippen MR) is 156 cm³/mol. The van der Waals surface area contributed by atoms with Crippen molar-refractivity contribution < 1.29 is 4.79 Å². The monoisotopic (exact) mass is 558 g/mol. The van der Waals surface area contributed by atoms with E-state index in [1.807, 2.05) is 78.2 Å². The molecule has 0 saturated carbocycles. The number of benzene rings is 3. The molecule has 2 aromatic heterocycles. The number of thioether (sulfide) groups is 1. The molecule has 8 nitrogen and oxygen atoms in total. The van der Waals surface area contributed by atoms with Gasteiger partial charge in [-0.3, -0.25) is 18.8 Å². The van der Waals surface area contributed by atoms with Gasteiger partial charge in [-0.05, 0) is 63.2 Å². The Balaban J connectivity index is 1.45. The molecule has 0 radical (unpaired) electrons. The van der Waals surface area contributed by atoms with Crippen LogP contribution >= 0.6 is 23.4 Å². The number of hydrogen-bond donors (Lipinski definition) is 1. The van der Waals surface area contributed by atoms with Crippen LogP contribution in [0.15, 0.2) is 88.8 Å². The van der Waals surface area contributed by atoms with Gasteiger partial charge in [0.05, 0.1) is 16.6 Å². The topological polar surface area (TPSA) is 86.7 Å². The number of carbonyl (C=O) groups excluding carboxylic acids is 1. The number of carbonyl (C=O) groups is 1. The highest BCUT2D eigenvalue weighted by Crippen LogP contribution is 2.31. The SMILES string of the molecule is Cc1cccc(-c2nnc(S[C@H](C)C(=O)Nc3c(C)n(C)n(-c4ccccc4)c3=O)n2-c2ccc(Cl)cc2)c1. The Morgan fingerprint density at radius 2 is 1.67 bits per heavy atom. The number of nitrogens with one attached hydrogen (secondary N) is 1. The Morgan fingerprint density at radius 1 is 0.949 bits per heavy atom. The standard InChI is InChI=1S/C29H27ClN6O2S/c1-18-9-8-10-21(17-18)26-32-33-29(35(26)23-15-13-22(30)14-16-23)39-20(3)27(37)31-25-19(2)34(4)36(28(25)38)24-11-6-5-7-12-24/h5-17,20H,1-4H3,(H,31,37)/t20-/m1/s1. The van der Waals surface area contributed by atoms with Gasteiger partial charge in [0, 0.05) is 23.3 Å². The van der Waals surface area contributed by atoms with Crippen molar-refractivity contribution in [2.24, 2.45) is 7.05 Å². The molecule has 1 N–H and O–H groups in total. The first-order chi connectivity index (χ1) is 18.7. The van der Waals surface area contributed by atoms with E-state index in [-0.39, 0.29) is 17.2 Å². The maximum Gasteiger partial charge on any atom is 0.295 e. The second-order valence-corrected chi connectivity index (χ2v) is 10.9. The molecule has 1 amide bonds. The number of amides is 1. The Hall–Kier alpha value is -4.08. The predicted octanol–water partition coefficient (Wildman–Crippen LogP) is 5.81. The Bertz CT molecular complexity index is 1710. The van der Waals surface area contributed by atoms with Crippen LogP contribution in [0, 0.1) is 13.8 Å². The van der Waals surface area contributed by atoms with Crippen molar-refractivity contribution in [1.82, 2.24) is 24.1 Å². The molecule has 198 valence electrons. The lowest BCUT2D eigenvalue weighted by atomic mass is 10.1. The molecule has 39 heavy (non-hydrogen) atoms. The first-order valence-corrected chi connectivity index (χ1v) is 13.6. The first kappa shape index (κ1) is 26.5. The summed E-state index contributed by atoms with van der Waals surface area (Å²) in [5.41, 5.74) is 4.15. The van der Waals surface area contributed by atoms with Crippen LogP contribution in [0.2, 0.25) is 5.02 Å². The molecule has 0 fully saturated rings. The van der Waals surface area contributed by atoms with Crippen molar-refractivity contribution in [3.05, 3.63) is 105 Å². The number of aryl methyl sites for hydroxylation is 1. The smallest absolute Gasteiger partial charge is 0.295 e. The minimum absolute atomic E-state index is 0.249. The Labute approximate surface area is 235 Å². The van der Waals surface area contributed by atoms with E-state index in [1.54, 1.807) is 37.7 Å². The number of hydrogen-bond acceptors (Lipinski definition) is 5. The van der Waals surface area contributed by atoms with Crippen molar-refractivity contribution in [3.63, 3.8) is 0 Å². The van der Waals surface area contributed by atoms with Gasteiger partial charge in [0.2, 0.25) is 5.91 Å². The summed E-state index contributed by atoms with van der Waals surface area (Å²) in [5.74, 6) is 0.342. The third kappa shape index (κ3) is 5.28. The van der Waals surface area contributed by atoms with E-state index in [0.29, 0.717) is 21.7 Å². The van der Waals surface area contributed by atoms with Crippen LogP contribution in [0.3, 0.4) is 0 Å². The molecule has 5 rings (SSSR count). The molecule has 0 aliphatic carbocycles. The molecule has 0 bridgehead atoms. The fourth-order valence-electron chi connectivity index (χ4n) is 4.29. The zero-order valence-corrected chi connectivity index (χ0v) is 23.5. The number of anilines is 1. The number of rotatable bonds is 7. The van der Waals surface area contributed by atoms with Gasteiger partial charge in [-0.25, -0.2) is 4.68 Å². The van der Waals surface area contributed by atoms with Gasteiger partial charge in [0.25, 0.3) is 5.56 Å². The largest absolute Gasteiger partial charge is 0.319 e. The lowest BCUT2D eigenvalue weighted by molar-refractivity contribution is -0.115. The van der Waals surface area contributed by atoms with Crippen molar-refractivity contribution >= 4 is 35.0 Å². The maximum atomic E-state index is 13.3. The summed E-state index contributed by atoms with van der Waals surface area (Å²) in [6.07, 6.45) is 0. The van der Waals surface area contributed by atoms with Gasteiger partial charge < -0.3 is 5.32 Å². The van der Waals surface area contributed by atoms with Crippen molar-refractivity contribution in [2.45, 2.75) is 31.2 Å². The number of aromatic nitrogens is 5. The minimum Gasteiger partial charge on any atom is -0.319 e. The third-order valence-corrected chi connectivity index (χ3v) is 7.74. The third-order valence-electron chi connectivity index (χ3n) is 6.45. The second-order valence-electron chi connectivity index (χ2n) is 9.17. The minimum atomic E-state index is -0.574. The van der Waals surface area contributed by atoms with Gasteiger partial charge in [0.1, 0.15) is 5.69 Å². The highest BCUT2D eigenvalue weighted by atomic mass is 35.5. The summed E-state index contributed by atoms with van der Waals surface area (Å²) in [6.45, 7) is 5.60. The number of halogens is 1. The van der Waals surface area contributed by atoms with E-state index in [2.05, 4.69) is 15.5 Å². The Kier molecular flexibility index (Phi) is 7.45. The van der Waals surface area contributed by atoms with Gasteiger partial charge in [-0.1, -0.05) is 65.3 Å². The van der Waals surface area contributed by atoms with Gasteiger partial charge in [-0.2, -0.15) is 0 Å². The average molecular weight is 559 g/mol. The molecule has 0 spiro atoms. The highest BCUT2D eigenvalue weighted by Gasteiger charge is 2.25. The lowest BCUT2D eigenvalue weighted by Gasteiger charge is -2.14. The fraction of sp³-hybridized carbons (Fsp3) is 0.172. The second kappa shape index (κ2) is 11.0. The van der Waals surface area contributed by atoms with E-state index < -0.39 is 5.25 Å². The number of para-hydroxylation sites is 1. The quantitative estimate of drug-likeness (QED) is 0.255. The molecule has 2 heterocycles. The van der Waals surface area contributed by atoms with Crippen LogP contribution in [0.4, 0.5) is 5.69 Å². The van der Waals surface area contributed by atoms with E-state index in [9.17, 15) is 9.59 Å². The molecule has 10 heteroatoms. The van der Waals surface area contributed by atoms with E-state index in [4.69, 9.17) is 11.6 Å². The van der Waals surface area contributed by atoms with Gasteiger partial charge in [0.15, 0.2) is 11.0 Å². The molecule has 0 unspecified atom stereocenters. The summed E-state index contributed by atoms with van der Waals surface area (Å²) in [4.78, 5) is 26.6. The van der Waals surface area contributed by atoms with Crippen LogP contribution in [0.1, 0.15) is 18.2 Å². The molecule has 0 saturated heterocycles. The number of nitrogens with zero attached hydrogens (tertiary/aromatic N) is 5. The van der Waals surface area contributed by atoms with Gasteiger partial charge >= 0.3 is 0 Å². The van der Waals surface area contributed by atoms with Crippen molar-refractivity contribution in [3.8, 4) is 22.8 Å². The molecule has 5 aromatic rings. The molecular weight excluding hydrogens is 532 g/mol. The molecule has 1 atom stereocenters. The lowest BCUT2D eigenvalue weighted by Crippen LogP contribution is -2.27. The zero-order chi connectivity index (χ0) is 27.7. The van der Waals surface area contributed by atoms with Crippen LogP contribution in [0.5, 0.6) is 0 Å². The van der Waals surface area contributed by atoms with Crippen LogP contribution < -0.4 is 10.9 Å². The fourth-order valence-corrected chi connectivity index (χ4v) is 5.28. The van der Waals surface area contributed by atoms with Crippen LogP contribution in [-0.4, -0.2) is 35.3 Å². The average Bonchev–Trinajstić information content (AvgIpc) is 3.43. The van der Waals surface area contributed by atoms with E-state index in [0.717, 1.165) is 22.5 Å². The summed E-state index contributed by atoms with van der Waals surface area (Å²) in [5, 5.41) is 12.3. The van der Waals surface area contributed by atoms with Crippen LogP contribution in [-0.2, 0) is 11.8 Å². The molecule has 3 aromatic carbocycles. The zero-order valence-electron chi connectivity index (χ0n) is 21.9. The summed E-state index contributed by atoms with van der Waals surface area (Å²) in [6, 6.07) is 24.7. The highest BCUT2D eigenvalue weighted by molar-refractivity contribution is 8.00.